The number of aliphatic hydroxyl groups is 1. The van der Waals surface area contributed by atoms with Crippen LogP contribution in [0.3, 0.4) is 0 Å². The summed E-state index contributed by atoms with van der Waals surface area (Å²) in [5.74, 6) is -1.89. The number of hydrogen-bond acceptors (Lipinski definition) is 3. The van der Waals surface area contributed by atoms with Gasteiger partial charge in [-0.25, -0.2) is 13.5 Å². The first kappa shape index (κ1) is 25.0. The van der Waals surface area contributed by atoms with Crippen molar-refractivity contribution in [1.29, 1.82) is 0 Å². The van der Waals surface area contributed by atoms with Crippen LogP contribution in [0.1, 0.15) is 72.6 Å². The van der Waals surface area contributed by atoms with Crippen LogP contribution >= 0.6 is 0 Å². The number of aromatic nitrogens is 3. The van der Waals surface area contributed by atoms with Crippen LogP contribution in [0.15, 0.2) is 48.2 Å². The van der Waals surface area contributed by atoms with Gasteiger partial charge < -0.3 is 5.11 Å². The molecule has 0 bridgehead atoms. The number of halogens is 2. The summed E-state index contributed by atoms with van der Waals surface area (Å²) in [4.78, 5) is 0. The van der Waals surface area contributed by atoms with E-state index in [4.69, 9.17) is 0 Å². The number of fused-ring (bicyclic) bond motifs is 1. The Morgan fingerprint density at radius 3 is 2.68 bits per heavy atom. The summed E-state index contributed by atoms with van der Waals surface area (Å²) in [7, 11) is 0. The van der Waals surface area contributed by atoms with Crippen LogP contribution in [-0.4, -0.2) is 31.6 Å². The minimum Gasteiger partial charge on any atom is -0.384 e. The van der Waals surface area contributed by atoms with Crippen LogP contribution in [0.4, 0.5) is 8.78 Å². The van der Waals surface area contributed by atoms with Crippen LogP contribution in [-0.2, 0) is 6.54 Å². The Morgan fingerprint density at radius 1 is 1.24 bits per heavy atom. The minimum absolute atomic E-state index is 0.158. The van der Waals surface area contributed by atoms with Crippen LogP contribution < -0.4 is 0 Å². The van der Waals surface area contributed by atoms with Gasteiger partial charge in [0.2, 0.25) is 0 Å². The second-order valence-corrected chi connectivity index (χ2v) is 11.3. The van der Waals surface area contributed by atoms with Gasteiger partial charge in [-0.3, -0.25) is 0 Å². The molecule has 2 fully saturated rings. The van der Waals surface area contributed by atoms with Gasteiger partial charge >= 0.3 is 0 Å². The molecule has 1 heterocycles. The Hall–Kier alpha value is -2.08. The Balaban J connectivity index is 1.42. The first-order valence-electron chi connectivity index (χ1n) is 12.8. The number of rotatable bonds is 8. The zero-order valence-corrected chi connectivity index (χ0v) is 21.0. The third-order valence-corrected chi connectivity index (χ3v) is 8.68. The molecule has 2 aromatic rings. The number of alkyl halides is 2. The fourth-order valence-electron chi connectivity index (χ4n) is 6.51. The molecule has 4 nitrogen and oxygen atoms in total. The summed E-state index contributed by atoms with van der Waals surface area (Å²) in [5.41, 5.74) is 1.63. The molecule has 186 valence electrons. The highest BCUT2D eigenvalue weighted by molar-refractivity contribution is 5.57. The standard InChI is InChI=1S/C28H39F2N3O/c1-20(14-17-28(29,30)26(2,3)34)23-12-13-24-21(11-8-16-27(23,24)4)15-18-33-19-25(31-32-33)22-9-6-5-7-10-22/h5-7,9-10,15,19-20,23-24,34H,8,11-14,16-18H2,1-4H3/b21-15+/t20-,23-,24+,27-/m1/s1. The SMILES string of the molecule is C[C@H](CCC(F)(F)C(C)(C)O)[C@H]1CC[C@H]2/C(=C/Cn3cc(-c4ccccc4)nn3)CCC[C@]12C. The van der Waals surface area contributed by atoms with Crippen molar-refractivity contribution < 1.29 is 13.9 Å². The predicted octanol–water partition coefficient (Wildman–Crippen LogP) is 6.91. The second kappa shape index (κ2) is 9.52. The lowest BCUT2D eigenvalue weighted by Crippen LogP contribution is -2.43. The Kier molecular flexibility index (Phi) is 7.01. The summed E-state index contributed by atoms with van der Waals surface area (Å²) in [5, 5.41) is 18.5. The van der Waals surface area contributed by atoms with Crippen LogP contribution in [0.5, 0.6) is 0 Å². The summed E-state index contributed by atoms with van der Waals surface area (Å²) in [6.45, 7) is 7.65. The summed E-state index contributed by atoms with van der Waals surface area (Å²) in [6, 6.07) is 10.1. The van der Waals surface area contributed by atoms with Gasteiger partial charge in [-0.2, -0.15) is 0 Å². The third kappa shape index (κ3) is 4.98. The van der Waals surface area contributed by atoms with Gasteiger partial charge in [0.05, 0.1) is 12.7 Å². The van der Waals surface area contributed by atoms with Gasteiger partial charge in [0, 0.05) is 12.0 Å². The molecule has 1 aromatic carbocycles. The third-order valence-electron chi connectivity index (χ3n) is 8.68. The van der Waals surface area contributed by atoms with E-state index in [1.165, 1.54) is 19.4 Å². The molecule has 4 rings (SSSR count). The van der Waals surface area contributed by atoms with E-state index < -0.39 is 11.5 Å². The zero-order valence-electron chi connectivity index (χ0n) is 21.0. The Bertz CT molecular complexity index is 995. The largest absolute Gasteiger partial charge is 0.384 e. The fraction of sp³-hybridized carbons (Fsp3) is 0.643. The van der Waals surface area contributed by atoms with E-state index in [1.54, 1.807) is 0 Å². The molecule has 0 amide bonds. The molecule has 6 heteroatoms. The lowest BCUT2D eigenvalue weighted by Gasteiger charge is -2.44. The molecule has 2 aliphatic rings. The van der Waals surface area contributed by atoms with E-state index in [0.29, 0.717) is 24.8 Å². The predicted molar refractivity (Wildman–Crippen MR) is 131 cm³/mol. The summed E-state index contributed by atoms with van der Waals surface area (Å²) >= 11 is 0. The smallest absolute Gasteiger partial charge is 0.275 e. The molecule has 0 spiro atoms. The van der Waals surface area contributed by atoms with Crippen molar-refractivity contribution in [1.82, 2.24) is 15.0 Å². The number of benzene rings is 1. The molecule has 0 aliphatic heterocycles. The van der Waals surface area contributed by atoms with Crippen molar-refractivity contribution in [2.75, 3.05) is 0 Å². The molecule has 34 heavy (non-hydrogen) atoms. The van der Waals surface area contributed by atoms with E-state index >= 15 is 0 Å². The van der Waals surface area contributed by atoms with Crippen LogP contribution in [0.2, 0.25) is 0 Å². The first-order chi connectivity index (χ1) is 16.0. The van der Waals surface area contributed by atoms with Gasteiger partial charge in [0.15, 0.2) is 0 Å². The van der Waals surface area contributed by atoms with Gasteiger partial charge in [-0.1, -0.05) is 61.0 Å². The van der Waals surface area contributed by atoms with Crippen molar-refractivity contribution in [3.63, 3.8) is 0 Å². The lowest BCUT2D eigenvalue weighted by molar-refractivity contribution is -0.168. The fourth-order valence-corrected chi connectivity index (χ4v) is 6.51. The van der Waals surface area contributed by atoms with Gasteiger partial charge in [0.1, 0.15) is 11.3 Å². The van der Waals surface area contributed by atoms with Crippen molar-refractivity contribution in [2.45, 2.75) is 90.7 Å². The first-order valence-corrected chi connectivity index (χ1v) is 12.8. The highest BCUT2D eigenvalue weighted by Gasteiger charge is 2.51. The highest BCUT2D eigenvalue weighted by atomic mass is 19.3. The average Bonchev–Trinajstić information content (AvgIpc) is 3.40. The molecule has 2 aliphatic carbocycles. The molecule has 4 atom stereocenters. The molecule has 1 N–H and O–H groups in total. The van der Waals surface area contributed by atoms with E-state index in [9.17, 15) is 13.9 Å². The molecule has 2 saturated carbocycles. The summed E-state index contributed by atoms with van der Waals surface area (Å²) in [6.07, 6.45) is 10.2. The van der Waals surface area contributed by atoms with E-state index in [-0.39, 0.29) is 17.8 Å². The van der Waals surface area contributed by atoms with Crippen LogP contribution in [0, 0.1) is 23.2 Å². The van der Waals surface area contributed by atoms with Crippen LogP contribution in [0.25, 0.3) is 11.3 Å². The quantitative estimate of drug-likeness (QED) is 0.426. The van der Waals surface area contributed by atoms with Crippen molar-refractivity contribution in [3.8, 4) is 11.3 Å². The topological polar surface area (TPSA) is 50.9 Å². The van der Waals surface area contributed by atoms with Gasteiger partial charge in [-0.05, 0) is 75.5 Å². The second-order valence-electron chi connectivity index (χ2n) is 11.3. The monoisotopic (exact) mass is 471 g/mol. The Morgan fingerprint density at radius 2 is 1.97 bits per heavy atom. The summed E-state index contributed by atoms with van der Waals surface area (Å²) < 4.78 is 30.6. The van der Waals surface area contributed by atoms with E-state index in [0.717, 1.165) is 43.4 Å². The van der Waals surface area contributed by atoms with E-state index in [2.05, 4.69) is 30.2 Å². The minimum atomic E-state index is -3.06. The molecular weight excluding hydrogens is 432 g/mol. The lowest BCUT2D eigenvalue weighted by atomic mass is 9.60. The maximum atomic E-state index is 14.4. The number of allylic oxidation sites excluding steroid dienone is 2. The van der Waals surface area contributed by atoms with Crippen molar-refractivity contribution in [2.24, 2.45) is 23.2 Å². The normalized spacial score (nSPS) is 27.7. The Labute approximate surface area is 202 Å². The highest BCUT2D eigenvalue weighted by Crippen LogP contribution is 2.60. The maximum absolute atomic E-state index is 14.4. The molecule has 0 unspecified atom stereocenters. The molecular formula is C28H39F2N3O. The van der Waals surface area contributed by atoms with Gasteiger partial charge in [0.25, 0.3) is 5.92 Å². The molecule has 0 radical (unpaired) electrons. The maximum Gasteiger partial charge on any atom is 0.275 e. The molecule has 0 saturated heterocycles. The average molecular weight is 472 g/mol. The number of hydrogen-bond donors (Lipinski definition) is 1. The zero-order chi connectivity index (χ0) is 24.6. The van der Waals surface area contributed by atoms with Gasteiger partial charge in [-0.15, -0.1) is 5.10 Å². The number of nitrogens with zero attached hydrogens (tertiary/aromatic N) is 3. The van der Waals surface area contributed by atoms with Crippen molar-refractivity contribution in [3.05, 3.63) is 48.2 Å². The molecule has 1 aromatic heterocycles. The van der Waals surface area contributed by atoms with E-state index in [1.807, 2.05) is 41.2 Å². The van der Waals surface area contributed by atoms with Crippen molar-refractivity contribution >= 4 is 0 Å².